The Morgan fingerprint density at radius 2 is 1.63 bits per heavy atom. The molecule has 4 rings (SSSR count). The number of aryl methyl sites for hydroxylation is 1. The van der Waals surface area contributed by atoms with Gasteiger partial charge < -0.3 is 19.5 Å². The van der Waals surface area contributed by atoms with Crippen LogP contribution in [-0.4, -0.2) is 35.4 Å². The number of amides is 1. The maximum atomic E-state index is 13.4. The summed E-state index contributed by atoms with van der Waals surface area (Å²) in [6.07, 6.45) is 0. The van der Waals surface area contributed by atoms with Gasteiger partial charge in [0.15, 0.2) is 0 Å². The molecule has 198 valence electrons. The lowest BCUT2D eigenvalue weighted by Gasteiger charge is -2.27. The van der Waals surface area contributed by atoms with Crippen molar-refractivity contribution >= 4 is 17.4 Å². The highest BCUT2D eigenvalue weighted by Gasteiger charge is 2.46. The van der Waals surface area contributed by atoms with Crippen LogP contribution in [0.15, 0.2) is 72.3 Å². The lowest BCUT2D eigenvalue weighted by molar-refractivity contribution is -0.140. The fraction of sp³-hybridized carbons (Fsp3) is 0.312. The van der Waals surface area contributed by atoms with Gasteiger partial charge >= 0.3 is 0 Å². The van der Waals surface area contributed by atoms with Crippen LogP contribution in [0.2, 0.25) is 0 Å². The first-order valence-corrected chi connectivity index (χ1v) is 12.8. The van der Waals surface area contributed by atoms with Crippen LogP contribution in [0, 0.1) is 6.92 Å². The molecule has 6 heteroatoms. The number of carbonyl (C=O) groups excluding carboxylic acids is 2. The standard InChI is InChI=1S/C32H35NO5/c1-7-38-25-15-8-21(9-16-25)19-33-28(22-10-13-24(14-11-22)32(3,4)5)27(30(35)31(33)36)29(34)23-12-17-26(37-6)20(2)18-23/h8-18,28,34H,7,19H2,1-6H3/b29-27-. The fourth-order valence-corrected chi connectivity index (χ4v) is 4.79. The smallest absolute Gasteiger partial charge is 0.295 e. The number of likely N-dealkylation sites (tertiary alicyclic amines) is 1. The number of Topliss-reactive ketones (excluding diaryl/α,β-unsaturated/α-hetero) is 1. The van der Waals surface area contributed by atoms with Gasteiger partial charge in [0, 0.05) is 12.1 Å². The Morgan fingerprint density at radius 1 is 0.974 bits per heavy atom. The highest BCUT2D eigenvalue weighted by Crippen LogP contribution is 2.41. The molecule has 1 unspecified atom stereocenters. The van der Waals surface area contributed by atoms with Crippen LogP contribution in [0.1, 0.15) is 61.6 Å². The first-order chi connectivity index (χ1) is 18.0. The Balaban J connectivity index is 1.82. The molecule has 0 radical (unpaired) electrons. The molecule has 1 fully saturated rings. The fourth-order valence-electron chi connectivity index (χ4n) is 4.79. The number of aliphatic hydroxyl groups is 1. The van der Waals surface area contributed by atoms with Crippen LogP contribution in [0.3, 0.4) is 0 Å². The summed E-state index contributed by atoms with van der Waals surface area (Å²) < 4.78 is 10.9. The second kappa shape index (κ2) is 10.7. The van der Waals surface area contributed by atoms with E-state index in [1.165, 1.54) is 4.90 Å². The predicted octanol–water partition coefficient (Wildman–Crippen LogP) is 6.32. The molecule has 3 aromatic carbocycles. The second-order valence-electron chi connectivity index (χ2n) is 10.6. The summed E-state index contributed by atoms with van der Waals surface area (Å²) in [5, 5.41) is 11.4. The summed E-state index contributed by atoms with van der Waals surface area (Å²) in [6.45, 7) is 10.9. The highest BCUT2D eigenvalue weighted by molar-refractivity contribution is 6.46. The molecular formula is C32H35NO5. The lowest BCUT2D eigenvalue weighted by Crippen LogP contribution is -2.29. The molecule has 1 amide bonds. The van der Waals surface area contributed by atoms with E-state index in [4.69, 9.17) is 9.47 Å². The Kier molecular flexibility index (Phi) is 7.63. The van der Waals surface area contributed by atoms with E-state index in [0.717, 1.165) is 28.0 Å². The van der Waals surface area contributed by atoms with Crippen LogP contribution >= 0.6 is 0 Å². The Bertz CT molecular complexity index is 1360. The molecule has 38 heavy (non-hydrogen) atoms. The molecule has 0 aromatic heterocycles. The van der Waals surface area contributed by atoms with Gasteiger partial charge in [-0.15, -0.1) is 0 Å². The zero-order valence-electron chi connectivity index (χ0n) is 22.9. The number of rotatable bonds is 7. The zero-order valence-corrected chi connectivity index (χ0v) is 22.9. The Morgan fingerprint density at radius 3 is 2.18 bits per heavy atom. The number of carbonyl (C=O) groups is 2. The number of methoxy groups -OCH3 is 1. The first-order valence-electron chi connectivity index (χ1n) is 12.8. The van der Waals surface area contributed by atoms with E-state index in [2.05, 4.69) is 20.8 Å². The SMILES string of the molecule is CCOc1ccc(CN2C(=O)C(=O)/C(=C(\O)c3ccc(OC)c(C)c3)C2c2ccc(C(C)(C)C)cc2)cc1. The second-order valence-corrected chi connectivity index (χ2v) is 10.6. The quantitative estimate of drug-likeness (QED) is 0.227. The predicted molar refractivity (Wildman–Crippen MR) is 148 cm³/mol. The number of hydrogen-bond acceptors (Lipinski definition) is 5. The molecule has 1 N–H and O–H groups in total. The van der Waals surface area contributed by atoms with E-state index in [9.17, 15) is 14.7 Å². The topological polar surface area (TPSA) is 76.1 Å². The van der Waals surface area contributed by atoms with Gasteiger partial charge in [-0.05, 0) is 71.8 Å². The lowest BCUT2D eigenvalue weighted by atomic mass is 9.85. The van der Waals surface area contributed by atoms with E-state index in [1.54, 1.807) is 25.3 Å². The normalized spacial score (nSPS) is 17.1. The Labute approximate surface area is 224 Å². The molecule has 1 saturated heterocycles. The van der Waals surface area contributed by atoms with Crippen molar-refractivity contribution in [2.24, 2.45) is 0 Å². The minimum Gasteiger partial charge on any atom is -0.507 e. The summed E-state index contributed by atoms with van der Waals surface area (Å²) in [6, 6.07) is 19.8. The minimum atomic E-state index is -0.738. The van der Waals surface area contributed by atoms with Crippen molar-refractivity contribution in [3.63, 3.8) is 0 Å². The van der Waals surface area contributed by atoms with Crippen molar-refractivity contribution < 1.29 is 24.2 Å². The zero-order chi connectivity index (χ0) is 27.6. The van der Waals surface area contributed by atoms with Crippen molar-refractivity contribution in [3.05, 3.63) is 100 Å². The third-order valence-electron chi connectivity index (χ3n) is 6.89. The third-order valence-corrected chi connectivity index (χ3v) is 6.89. The summed E-state index contributed by atoms with van der Waals surface area (Å²) in [4.78, 5) is 28.3. The summed E-state index contributed by atoms with van der Waals surface area (Å²) in [5.41, 5.74) is 4.04. The van der Waals surface area contributed by atoms with Gasteiger partial charge in [-0.2, -0.15) is 0 Å². The molecule has 3 aromatic rings. The summed E-state index contributed by atoms with van der Waals surface area (Å²) in [5.74, 6) is -0.134. The minimum absolute atomic E-state index is 0.0523. The number of ether oxygens (including phenoxy) is 2. The van der Waals surface area contributed by atoms with Gasteiger partial charge in [0.05, 0.1) is 25.3 Å². The van der Waals surface area contributed by atoms with Gasteiger partial charge in [-0.3, -0.25) is 9.59 Å². The van der Waals surface area contributed by atoms with E-state index in [1.807, 2.05) is 62.4 Å². The maximum Gasteiger partial charge on any atom is 0.295 e. The monoisotopic (exact) mass is 513 g/mol. The average molecular weight is 514 g/mol. The molecule has 1 aliphatic rings. The van der Waals surface area contributed by atoms with Gasteiger partial charge in [-0.25, -0.2) is 0 Å². The van der Waals surface area contributed by atoms with Gasteiger partial charge in [-0.1, -0.05) is 57.2 Å². The van der Waals surface area contributed by atoms with Crippen molar-refractivity contribution in [1.29, 1.82) is 0 Å². The van der Waals surface area contributed by atoms with Crippen molar-refractivity contribution in [2.75, 3.05) is 13.7 Å². The van der Waals surface area contributed by atoms with Gasteiger partial charge in [0.2, 0.25) is 0 Å². The number of benzene rings is 3. The summed E-state index contributed by atoms with van der Waals surface area (Å²) in [7, 11) is 1.58. The molecule has 0 saturated carbocycles. The molecular weight excluding hydrogens is 478 g/mol. The summed E-state index contributed by atoms with van der Waals surface area (Å²) >= 11 is 0. The van der Waals surface area contributed by atoms with E-state index >= 15 is 0 Å². The van der Waals surface area contributed by atoms with E-state index < -0.39 is 17.7 Å². The highest BCUT2D eigenvalue weighted by atomic mass is 16.5. The number of ketones is 1. The third kappa shape index (κ3) is 5.30. The maximum absolute atomic E-state index is 13.4. The van der Waals surface area contributed by atoms with Crippen molar-refractivity contribution in [2.45, 2.75) is 52.6 Å². The van der Waals surface area contributed by atoms with Gasteiger partial charge in [0.25, 0.3) is 11.7 Å². The largest absolute Gasteiger partial charge is 0.507 e. The van der Waals surface area contributed by atoms with Crippen molar-refractivity contribution in [1.82, 2.24) is 4.90 Å². The number of hydrogen-bond donors (Lipinski definition) is 1. The number of nitrogens with zero attached hydrogens (tertiary/aromatic N) is 1. The first kappa shape index (κ1) is 27.0. The average Bonchev–Trinajstić information content (AvgIpc) is 3.14. The molecule has 0 bridgehead atoms. The molecule has 0 aliphatic carbocycles. The van der Waals surface area contributed by atoms with Gasteiger partial charge in [0.1, 0.15) is 17.3 Å². The van der Waals surface area contributed by atoms with Crippen molar-refractivity contribution in [3.8, 4) is 11.5 Å². The van der Waals surface area contributed by atoms with Crippen LogP contribution in [-0.2, 0) is 21.5 Å². The van der Waals surface area contributed by atoms with Crippen LogP contribution < -0.4 is 9.47 Å². The van der Waals surface area contributed by atoms with E-state index in [-0.39, 0.29) is 23.3 Å². The Hall–Kier alpha value is -4.06. The van der Waals surface area contributed by atoms with E-state index in [0.29, 0.717) is 17.9 Å². The molecule has 0 spiro atoms. The van der Waals surface area contributed by atoms with Crippen LogP contribution in [0.25, 0.3) is 5.76 Å². The van der Waals surface area contributed by atoms with Crippen LogP contribution in [0.4, 0.5) is 0 Å². The van der Waals surface area contributed by atoms with Crippen LogP contribution in [0.5, 0.6) is 11.5 Å². The number of aliphatic hydroxyl groups excluding tert-OH is 1. The molecule has 6 nitrogen and oxygen atoms in total. The molecule has 1 heterocycles. The molecule has 1 atom stereocenters. The molecule has 1 aliphatic heterocycles.